The molecule has 0 saturated carbocycles. The van der Waals surface area contributed by atoms with Gasteiger partial charge in [0.1, 0.15) is 12.4 Å². The van der Waals surface area contributed by atoms with E-state index in [0.717, 1.165) is 59.8 Å². The molecule has 2 aromatic heterocycles. The first kappa shape index (κ1) is 23.1. The summed E-state index contributed by atoms with van der Waals surface area (Å²) in [6, 6.07) is 20.3. The van der Waals surface area contributed by atoms with Gasteiger partial charge in [-0.25, -0.2) is 4.98 Å². The lowest BCUT2D eigenvalue weighted by molar-refractivity contribution is -0.124. The van der Waals surface area contributed by atoms with Crippen LogP contribution in [0.4, 0.5) is 11.4 Å². The number of para-hydroxylation sites is 1. The molecule has 37 heavy (non-hydrogen) atoms. The fraction of sp³-hybridized carbons (Fsp3) is 0.241. The molecule has 2 N–H and O–H groups in total. The Labute approximate surface area is 215 Å². The summed E-state index contributed by atoms with van der Waals surface area (Å²) >= 11 is 0. The van der Waals surface area contributed by atoms with Crippen LogP contribution in [0, 0.1) is 0 Å². The molecule has 2 amide bonds. The number of rotatable bonds is 6. The van der Waals surface area contributed by atoms with Crippen LogP contribution < -0.4 is 10.6 Å². The molecule has 2 aromatic carbocycles. The Morgan fingerprint density at radius 3 is 2.35 bits per heavy atom. The Morgan fingerprint density at radius 1 is 0.919 bits per heavy atom. The van der Waals surface area contributed by atoms with Gasteiger partial charge in [0.05, 0.1) is 17.6 Å². The third-order valence-corrected chi connectivity index (χ3v) is 7.61. The lowest BCUT2D eigenvalue weighted by Crippen LogP contribution is -2.47. The van der Waals surface area contributed by atoms with Gasteiger partial charge in [-0.05, 0) is 73.0 Å². The third-order valence-electron chi connectivity index (χ3n) is 7.61. The molecule has 6 rings (SSSR count). The van der Waals surface area contributed by atoms with Crippen molar-refractivity contribution < 1.29 is 9.59 Å². The van der Waals surface area contributed by atoms with Crippen molar-refractivity contribution in [2.45, 2.75) is 31.3 Å². The van der Waals surface area contributed by atoms with Crippen LogP contribution in [0.5, 0.6) is 0 Å². The molecular formula is C29H28N6O2. The molecule has 186 valence electrons. The zero-order valence-corrected chi connectivity index (χ0v) is 20.5. The van der Waals surface area contributed by atoms with Gasteiger partial charge in [0.15, 0.2) is 0 Å². The summed E-state index contributed by atoms with van der Waals surface area (Å²) < 4.78 is 1.79. The van der Waals surface area contributed by atoms with Crippen molar-refractivity contribution in [2.24, 2.45) is 5.73 Å². The Morgan fingerprint density at radius 2 is 1.62 bits per heavy atom. The van der Waals surface area contributed by atoms with E-state index >= 15 is 0 Å². The highest BCUT2D eigenvalue weighted by molar-refractivity contribution is 6.13. The fourth-order valence-corrected chi connectivity index (χ4v) is 5.70. The second-order valence-corrected chi connectivity index (χ2v) is 9.74. The molecule has 1 fully saturated rings. The SMILES string of the molecule is NC(=O)Cn1ccnc1CN1CCC2(CC1)C(=O)N(c1ccc(-c3ccncc3)cc1)c1ccccc12. The molecule has 2 aliphatic rings. The van der Waals surface area contributed by atoms with Gasteiger partial charge in [-0.1, -0.05) is 30.3 Å². The predicted octanol–water partition coefficient (Wildman–Crippen LogP) is 3.64. The van der Waals surface area contributed by atoms with E-state index in [1.165, 1.54) is 0 Å². The number of likely N-dealkylation sites (tertiary alicyclic amines) is 1. The number of carbonyl (C=O) groups is 2. The van der Waals surface area contributed by atoms with Crippen LogP contribution in [-0.2, 0) is 28.1 Å². The number of nitrogens with zero attached hydrogens (tertiary/aromatic N) is 5. The Hall–Kier alpha value is -4.30. The van der Waals surface area contributed by atoms with Crippen molar-refractivity contribution in [2.75, 3.05) is 18.0 Å². The minimum atomic E-state index is -0.542. The molecule has 0 aliphatic carbocycles. The minimum absolute atomic E-state index is 0.119. The fourth-order valence-electron chi connectivity index (χ4n) is 5.70. The number of anilines is 2. The first-order valence-corrected chi connectivity index (χ1v) is 12.5. The summed E-state index contributed by atoms with van der Waals surface area (Å²) in [5.74, 6) is 0.558. The van der Waals surface area contributed by atoms with Crippen molar-refractivity contribution in [1.82, 2.24) is 19.4 Å². The van der Waals surface area contributed by atoms with Gasteiger partial charge in [-0.3, -0.25) is 24.4 Å². The van der Waals surface area contributed by atoms with Gasteiger partial charge in [0.25, 0.3) is 0 Å². The van der Waals surface area contributed by atoms with Crippen LogP contribution in [0.1, 0.15) is 24.2 Å². The molecule has 2 aliphatic heterocycles. The lowest BCUT2D eigenvalue weighted by atomic mass is 9.73. The van der Waals surface area contributed by atoms with E-state index in [0.29, 0.717) is 6.54 Å². The van der Waals surface area contributed by atoms with Crippen molar-refractivity contribution in [1.29, 1.82) is 0 Å². The van der Waals surface area contributed by atoms with Crippen LogP contribution in [0.3, 0.4) is 0 Å². The van der Waals surface area contributed by atoms with Gasteiger partial charge in [-0.2, -0.15) is 0 Å². The molecule has 4 heterocycles. The third kappa shape index (κ3) is 4.09. The van der Waals surface area contributed by atoms with E-state index in [9.17, 15) is 9.59 Å². The molecule has 1 spiro atoms. The molecule has 1 saturated heterocycles. The second kappa shape index (κ2) is 9.29. The molecule has 4 aromatic rings. The standard InChI is InChI=1S/C29H28N6O2/c30-26(36)19-34-18-15-32-27(34)20-33-16-11-29(12-17-33)24-3-1-2-4-25(24)35(28(29)37)23-7-5-21(6-8-23)22-9-13-31-14-10-22/h1-10,13-15,18H,11-12,16-17,19-20H2,(H2,30,36). The number of benzene rings is 2. The van der Waals surface area contributed by atoms with Crippen LogP contribution >= 0.6 is 0 Å². The summed E-state index contributed by atoms with van der Waals surface area (Å²) in [6.45, 7) is 2.26. The topological polar surface area (TPSA) is 97.3 Å². The van der Waals surface area contributed by atoms with Gasteiger partial charge in [0, 0.05) is 30.5 Å². The number of primary amides is 1. The average Bonchev–Trinajstić information content (AvgIpc) is 3.45. The normalized spacial score (nSPS) is 16.8. The number of imidazole rings is 1. The van der Waals surface area contributed by atoms with Crippen LogP contribution in [-0.4, -0.2) is 44.3 Å². The smallest absolute Gasteiger partial charge is 0.242 e. The second-order valence-electron chi connectivity index (χ2n) is 9.74. The quantitative estimate of drug-likeness (QED) is 0.443. The summed E-state index contributed by atoms with van der Waals surface area (Å²) in [5.41, 5.74) is 9.96. The number of piperidine rings is 1. The molecular weight excluding hydrogens is 464 g/mol. The maximum absolute atomic E-state index is 14.1. The summed E-state index contributed by atoms with van der Waals surface area (Å²) in [5, 5.41) is 0. The van der Waals surface area contributed by atoms with Gasteiger partial charge < -0.3 is 10.3 Å². The van der Waals surface area contributed by atoms with Gasteiger partial charge in [0.2, 0.25) is 11.8 Å². The zero-order valence-electron chi connectivity index (χ0n) is 20.5. The monoisotopic (exact) mass is 492 g/mol. The van der Waals surface area contributed by atoms with E-state index < -0.39 is 5.41 Å². The van der Waals surface area contributed by atoms with Crippen molar-refractivity contribution in [3.63, 3.8) is 0 Å². The number of aromatic nitrogens is 3. The van der Waals surface area contributed by atoms with Gasteiger partial charge in [-0.15, -0.1) is 0 Å². The van der Waals surface area contributed by atoms with E-state index in [-0.39, 0.29) is 18.4 Å². The Kier molecular flexibility index (Phi) is 5.81. The van der Waals surface area contributed by atoms with E-state index in [1.54, 1.807) is 29.4 Å². The minimum Gasteiger partial charge on any atom is -0.368 e. The van der Waals surface area contributed by atoms with Crippen molar-refractivity contribution >= 4 is 23.2 Å². The molecule has 8 heteroatoms. The van der Waals surface area contributed by atoms with Crippen LogP contribution in [0.15, 0.2) is 85.5 Å². The Bertz CT molecular complexity index is 1440. The number of amides is 2. The highest BCUT2D eigenvalue weighted by Gasteiger charge is 2.52. The largest absolute Gasteiger partial charge is 0.368 e. The molecule has 0 bridgehead atoms. The predicted molar refractivity (Wildman–Crippen MR) is 141 cm³/mol. The first-order valence-electron chi connectivity index (χ1n) is 12.5. The first-order chi connectivity index (χ1) is 18.0. The van der Waals surface area contributed by atoms with Crippen LogP contribution in [0.25, 0.3) is 11.1 Å². The maximum Gasteiger partial charge on any atom is 0.242 e. The van der Waals surface area contributed by atoms with E-state index in [4.69, 9.17) is 5.73 Å². The molecule has 0 atom stereocenters. The number of nitrogens with two attached hydrogens (primary N) is 1. The van der Waals surface area contributed by atoms with E-state index in [2.05, 4.69) is 33.1 Å². The Balaban J connectivity index is 1.24. The average molecular weight is 493 g/mol. The number of pyridine rings is 1. The highest BCUT2D eigenvalue weighted by atomic mass is 16.2. The molecule has 8 nitrogen and oxygen atoms in total. The van der Waals surface area contributed by atoms with E-state index in [1.807, 2.05) is 47.4 Å². The summed E-state index contributed by atoms with van der Waals surface area (Å²) in [4.78, 5) is 38.2. The maximum atomic E-state index is 14.1. The number of hydrogen-bond donors (Lipinski definition) is 1. The number of hydrogen-bond acceptors (Lipinski definition) is 5. The summed E-state index contributed by atoms with van der Waals surface area (Å²) in [7, 11) is 0. The molecule has 0 unspecified atom stereocenters. The highest BCUT2D eigenvalue weighted by Crippen LogP contribution is 2.50. The molecule has 0 radical (unpaired) electrons. The van der Waals surface area contributed by atoms with Crippen LogP contribution in [0.2, 0.25) is 0 Å². The van der Waals surface area contributed by atoms with Gasteiger partial charge >= 0.3 is 0 Å². The summed E-state index contributed by atoms with van der Waals surface area (Å²) in [6.07, 6.45) is 8.49. The lowest BCUT2D eigenvalue weighted by Gasteiger charge is -2.38. The zero-order chi connectivity index (χ0) is 25.4. The number of carbonyl (C=O) groups excluding carboxylic acids is 2. The number of fused-ring (bicyclic) bond motifs is 2. The van der Waals surface area contributed by atoms with Crippen molar-refractivity contribution in [3.05, 3.63) is 96.8 Å². The van der Waals surface area contributed by atoms with Crippen molar-refractivity contribution in [3.8, 4) is 11.1 Å².